The van der Waals surface area contributed by atoms with Crippen LogP contribution in [0, 0.1) is 14.2 Å². The van der Waals surface area contributed by atoms with Crippen molar-refractivity contribution in [3.8, 4) is 34.4 Å². The monoisotopic (exact) mass is 962 g/mol. The molecule has 0 atom stereocenters. The number of aromatic hydroxyl groups is 2. The van der Waals surface area contributed by atoms with Gasteiger partial charge in [0.2, 0.25) is 5.95 Å². The molecule has 0 unspecified atom stereocenters. The van der Waals surface area contributed by atoms with Crippen LogP contribution in [0.15, 0.2) is 66.7 Å². The third-order valence-electron chi connectivity index (χ3n) is 4.63. The Morgan fingerprint density at radius 1 is 0.765 bits per heavy atom. The molecule has 166 valence electrons. The molecule has 8 nitrogen and oxygen atoms in total. The Balaban J connectivity index is 0.00000204. The van der Waals surface area contributed by atoms with Crippen molar-refractivity contribution in [2.75, 3.05) is 5.32 Å². The molecular formula is C24H20N4O4Rf2-2. The zero-order valence-electron chi connectivity index (χ0n) is 18.4. The Kier molecular flexibility index (Phi) is 7.13. The van der Waals surface area contributed by atoms with Gasteiger partial charge in [-0.25, -0.2) is 4.98 Å². The predicted molar refractivity (Wildman–Crippen MR) is 120 cm³/mol. The maximum absolute atomic E-state index is 10.3. The van der Waals surface area contributed by atoms with Crippen molar-refractivity contribution in [2.45, 2.75) is 6.42 Å². The first-order valence-corrected chi connectivity index (χ1v) is 9.61. The molecule has 0 aliphatic carbocycles. The summed E-state index contributed by atoms with van der Waals surface area (Å²) in [6.45, 7) is 0. The number of phenols is 2. The molecule has 3 aromatic carbocycles. The van der Waals surface area contributed by atoms with Crippen molar-refractivity contribution in [3.05, 3.63) is 92.3 Å². The van der Waals surface area contributed by atoms with Crippen molar-refractivity contribution < 1.29 is 19.7 Å². The molecule has 1 aromatic heterocycles. The molecule has 0 aliphatic rings. The Morgan fingerprint density at radius 2 is 1.38 bits per heavy atom. The summed E-state index contributed by atoms with van der Waals surface area (Å²) >= 11 is 0. The number of hydrogen-bond donors (Lipinski definition) is 3. The Labute approximate surface area is 185 Å². The van der Waals surface area contributed by atoms with E-state index in [-0.39, 0.29) is 17.3 Å². The van der Waals surface area contributed by atoms with Gasteiger partial charge in [-0.1, -0.05) is 12.1 Å². The van der Waals surface area contributed by atoms with E-state index in [2.05, 4.69) is 34.5 Å². The summed E-state index contributed by atoms with van der Waals surface area (Å²) in [5.74, 6) is 2.14. The Morgan fingerprint density at radius 3 is 1.97 bits per heavy atom. The summed E-state index contributed by atoms with van der Waals surface area (Å²) in [6.07, 6.45) is 0.425. The van der Waals surface area contributed by atoms with E-state index >= 15 is 0 Å². The summed E-state index contributed by atoms with van der Waals surface area (Å²) in [7, 11) is 6.78. The largest absolute Gasteiger partial charge is 0.665 e. The fourth-order valence-electron chi connectivity index (χ4n) is 3.03. The number of benzene rings is 3. The number of anilines is 2. The smallest absolute Gasteiger partial charge is 0.231 e. The van der Waals surface area contributed by atoms with E-state index < -0.39 is 0 Å². The van der Waals surface area contributed by atoms with Gasteiger partial charge in [0.05, 0.1) is 17.1 Å². The van der Waals surface area contributed by atoms with Crippen molar-refractivity contribution in [1.29, 1.82) is 0 Å². The fourth-order valence-corrected chi connectivity index (χ4v) is 3.03. The zero-order chi connectivity index (χ0) is 22.5. The number of hydrogen-bond acceptors (Lipinski definition) is 8. The van der Waals surface area contributed by atoms with Crippen molar-refractivity contribution >= 4 is 11.6 Å². The van der Waals surface area contributed by atoms with E-state index in [0.29, 0.717) is 35.3 Å². The van der Waals surface area contributed by atoms with Gasteiger partial charge >= 0.3 is 0 Å². The molecule has 0 aliphatic heterocycles. The molecule has 0 fully saturated rings. The standard InChI is InChI=1S/C24H20N4O4.2Rf/c1-31-18-8-3-15(4-9-18)13-22-26-23(20-12-7-17(29)14-21(20)30)28-24(27-22)25-16-5-10-19(32-2)11-6-16;;/h3-12,14,29-30H,1-2,13H2,(H,25,26,27,28);;/q-2;;. The van der Waals surface area contributed by atoms with Crippen LogP contribution in [0.2, 0.25) is 0 Å². The maximum Gasteiger partial charge on any atom is 0.231 e. The van der Waals surface area contributed by atoms with Crippen LogP contribution < -0.4 is 14.8 Å². The normalized spacial score (nSPS) is 9.94. The second-order valence-corrected chi connectivity index (χ2v) is 6.86. The van der Waals surface area contributed by atoms with Gasteiger partial charge in [0, 0.05) is 18.2 Å². The van der Waals surface area contributed by atoms with Crippen LogP contribution in [0.4, 0.5) is 11.6 Å². The molecule has 0 spiro atoms. The predicted octanol–water partition coefficient (Wildman–Crippen LogP) is 4.62. The Hall–Kier alpha value is -6.33. The molecule has 0 bridgehead atoms. The molecule has 0 saturated carbocycles. The van der Waals surface area contributed by atoms with Gasteiger partial charge in [0.1, 0.15) is 17.3 Å². The Bertz CT molecular complexity index is 1160. The quantitative estimate of drug-likeness (QED) is 0.231. The van der Waals surface area contributed by atoms with Gasteiger partial charge in [0.15, 0.2) is 5.82 Å². The van der Waals surface area contributed by atoms with Gasteiger partial charge in [-0.2, -0.15) is 24.2 Å². The molecule has 3 N–H and O–H groups in total. The minimum Gasteiger partial charge on any atom is -0.665 e. The van der Waals surface area contributed by atoms with Crippen LogP contribution in [0.5, 0.6) is 23.0 Å². The van der Waals surface area contributed by atoms with E-state index in [1.165, 1.54) is 12.1 Å². The molecule has 10 heteroatoms. The number of rotatable bonds is 7. The SMILES string of the molecule is [CH2-]Oc1ccc(Cc2nc(Nc3ccc(O[CH2-])cc3)nc(-c3ccc(O)cc3O)n2)cc1.[Rf].[Rf]. The molecule has 4 rings (SSSR count). The van der Waals surface area contributed by atoms with Crippen molar-refractivity contribution in [3.63, 3.8) is 0 Å². The summed E-state index contributed by atoms with van der Waals surface area (Å²) in [6, 6.07) is 18.8. The van der Waals surface area contributed by atoms with E-state index in [9.17, 15) is 10.2 Å². The average Bonchev–Trinajstić information content (AvgIpc) is 2.80. The third-order valence-corrected chi connectivity index (χ3v) is 4.63. The van der Waals surface area contributed by atoms with Gasteiger partial charge in [0.25, 0.3) is 0 Å². The number of aromatic nitrogens is 3. The van der Waals surface area contributed by atoms with Gasteiger partial charge in [-0.15, -0.1) is 0 Å². The number of phenolic OH excluding ortho intramolecular Hbond substituents is 2. The first kappa shape index (κ1) is 23.9. The van der Waals surface area contributed by atoms with Crippen molar-refractivity contribution in [1.82, 2.24) is 15.0 Å². The van der Waals surface area contributed by atoms with Crippen LogP contribution in [-0.2, 0) is 6.42 Å². The summed E-state index contributed by atoms with van der Waals surface area (Å²) in [5.41, 5.74) is 2.07. The van der Waals surface area contributed by atoms with Crippen LogP contribution in [0.3, 0.4) is 0 Å². The zero-order valence-corrected chi connectivity index (χ0v) is 31.2. The fraction of sp³-hybridized carbons (Fsp3) is 0.0417. The summed E-state index contributed by atoms with van der Waals surface area (Å²) in [4.78, 5) is 13.5. The molecule has 4 aromatic rings. The van der Waals surface area contributed by atoms with Gasteiger partial charge in [-0.05, 0) is 54.1 Å². The molecular weight excluding hydrogens is 942 g/mol. The van der Waals surface area contributed by atoms with E-state index in [4.69, 9.17) is 9.47 Å². The molecule has 34 heavy (non-hydrogen) atoms. The van der Waals surface area contributed by atoms with Gasteiger partial charge < -0.3 is 25.0 Å². The number of ether oxygens (including phenoxy) is 2. The minimum absolute atomic E-state index is 0. The van der Waals surface area contributed by atoms with Crippen LogP contribution in [-0.4, -0.2) is 25.2 Å². The molecule has 0 radical (unpaired) electrons. The number of nitrogens with one attached hydrogen (secondary N) is 1. The maximum atomic E-state index is 10.3. The van der Waals surface area contributed by atoms with Crippen LogP contribution in [0.1, 0.15) is 11.4 Å². The second-order valence-electron chi connectivity index (χ2n) is 6.86. The van der Waals surface area contributed by atoms with Gasteiger partial charge in [-0.3, -0.25) is 0 Å². The van der Waals surface area contributed by atoms with E-state index in [1.54, 1.807) is 30.3 Å². The topological polar surface area (TPSA) is 110 Å². The average molecular weight is 962 g/mol. The minimum atomic E-state index is -0.137. The first-order chi connectivity index (χ1) is 15.5. The molecule has 1 heterocycles. The van der Waals surface area contributed by atoms with Crippen molar-refractivity contribution in [2.24, 2.45) is 0 Å². The first-order valence-electron chi connectivity index (χ1n) is 9.61. The molecule has 0 amide bonds. The second kappa shape index (κ2) is 10.1. The van der Waals surface area contributed by atoms with Crippen LogP contribution in [0.25, 0.3) is 11.4 Å². The molecule has 0 saturated heterocycles. The number of nitrogens with zero attached hydrogens (tertiary/aromatic N) is 3. The van der Waals surface area contributed by atoms with E-state index in [0.717, 1.165) is 11.3 Å². The van der Waals surface area contributed by atoms with Crippen LogP contribution >= 0.6 is 0 Å². The van der Waals surface area contributed by atoms with E-state index in [1.807, 2.05) is 24.3 Å². The summed E-state index contributed by atoms with van der Waals surface area (Å²) in [5, 5.41) is 23.1. The third kappa shape index (κ3) is 5.23. The summed E-state index contributed by atoms with van der Waals surface area (Å²) < 4.78 is 9.90.